The first kappa shape index (κ1) is 47.1. The number of carbonyl (C=O) groups is 1. The van der Waals surface area contributed by atoms with Crippen LogP contribution in [-0.4, -0.2) is 74.4 Å². The molecule has 5 atom stereocenters. The van der Waals surface area contributed by atoms with Gasteiger partial charge in [0.15, 0.2) is 0 Å². The van der Waals surface area contributed by atoms with Gasteiger partial charge in [0, 0.05) is 17.6 Å². The van der Waals surface area contributed by atoms with E-state index in [4.69, 9.17) is 35.3 Å². The van der Waals surface area contributed by atoms with Crippen molar-refractivity contribution >= 4 is 17.5 Å². The Morgan fingerprint density at radius 3 is 1.68 bits per heavy atom. The van der Waals surface area contributed by atoms with E-state index in [-0.39, 0.29) is 25.4 Å². The van der Waals surface area contributed by atoms with Gasteiger partial charge in [0.05, 0.1) is 33.0 Å². The Kier molecular flexibility index (Phi) is 19.0. The van der Waals surface area contributed by atoms with E-state index in [0.717, 1.165) is 28.0 Å². The Hall–Kier alpha value is -4.62. The summed E-state index contributed by atoms with van der Waals surface area (Å²) in [5, 5.41) is 30.2. The molecule has 1 heterocycles. The highest BCUT2D eigenvalue weighted by molar-refractivity contribution is 6.31. The summed E-state index contributed by atoms with van der Waals surface area (Å²) in [6, 6.07) is 41.2. The van der Waals surface area contributed by atoms with Crippen LogP contribution in [0.5, 0.6) is 5.75 Å². The summed E-state index contributed by atoms with van der Waals surface area (Å²) in [5.74, 6) is -2.32. The Morgan fingerprint density at radius 1 is 0.712 bits per heavy atom. The molecule has 6 rings (SSSR count). The number of hydrogen-bond donors (Lipinski definition) is 4. The zero-order valence-electron chi connectivity index (χ0n) is 34.9. The highest BCUT2D eigenvalue weighted by Gasteiger charge is 2.66. The summed E-state index contributed by atoms with van der Waals surface area (Å²) in [5.41, 5.74) is 2.25. The van der Waals surface area contributed by atoms with Crippen molar-refractivity contribution in [3.05, 3.63) is 172 Å². The molecule has 11 heteroatoms. The molecule has 0 aromatic heterocycles. The molecule has 0 saturated carbocycles. The van der Waals surface area contributed by atoms with E-state index in [1.807, 2.05) is 150 Å². The summed E-state index contributed by atoms with van der Waals surface area (Å²) in [6.07, 6.45) is -3.29. The van der Waals surface area contributed by atoms with E-state index in [1.54, 1.807) is 18.2 Å². The van der Waals surface area contributed by atoms with E-state index in [2.05, 4.69) is 10.6 Å². The maximum Gasteiger partial charge on any atom is 0.257 e. The van der Waals surface area contributed by atoms with Crippen molar-refractivity contribution in [1.29, 1.82) is 0 Å². The van der Waals surface area contributed by atoms with Gasteiger partial charge in [-0.05, 0) is 79.5 Å². The fourth-order valence-corrected chi connectivity index (χ4v) is 6.95. The highest BCUT2D eigenvalue weighted by Crippen LogP contribution is 2.46. The zero-order valence-corrected chi connectivity index (χ0v) is 35.7. The maximum atomic E-state index is 14.1. The third-order valence-electron chi connectivity index (χ3n) is 9.54. The van der Waals surface area contributed by atoms with E-state index in [0.29, 0.717) is 23.6 Å². The second-order valence-electron chi connectivity index (χ2n) is 13.7. The molecular formula is C48H59ClN2O8. The van der Waals surface area contributed by atoms with Gasteiger partial charge in [0.25, 0.3) is 5.91 Å². The van der Waals surface area contributed by atoms with Crippen LogP contribution in [0.25, 0.3) is 0 Å². The maximum absolute atomic E-state index is 14.1. The van der Waals surface area contributed by atoms with Crippen molar-refractivity contribution in [3.8, 4) is 5.75 Å². The number of amides is 1. The van der Waals surface area contributed by atoms with Crippen LogP contribution in [0.1, 0.15) is 54.2 Å². The van der Waals surface area contributed by atoms with Gasteiger partial charge in [-0.25, -0.2) is 0 Å². The molecular weight excluding hydrogens is 768 g/mol. The Bertz CT molecular complexity index is 1960. The van der Waals surface area contributed by atoms with Crippen molar-refractivity contribution < 1.29 is 38.7 Å². The van der Waals surface area contributed by atoms with Gasteiger partial charge in [-0.3, -0.25) is 4.79 Å². The molecule has 1 unspecified atom stereocenters. The standard InChI is InChI=1S/C44H46ClNO8.C2H7N.C2H6/c1-3-50-37-22-19-31(20-23-37)25-35-26-36(21-24-38(35)45)44(49)41(53-29-34-17-11-6-12-18-34)39(51-27-32-13-7-4-8-14-32)40(43(30-47,54-44)42(48)46-2)52-28-33-15-9-5-10-16-33;1-3-2;1-2/h4-24,26,39-41,47,49H,3,25,27-30H2,1-2H3,(H,46,48);3H,1-2H3;1-2H3/t39?,40-,41+,43+,44-;;/m0../s1. The summed E-state index contributed by atoms with van der Waals surface area (Å²) in [6.45, 7) is 5.83. The number of nitrogens with one attached hydrogen (secondary N) is 2. The van der Waals surface area contributed by atoms with Crippen LogP contribution in [0, 0.1) is 0 Å². The summed E-state index contributed by atoms with van der Waals surface area (Å²) < 4.78 is 32.2. The van der Waals surface area contributed by atoms with Crippen molar-refractivity contribution in [2.24, 2.45) is 0 Å². The molecule has 1 aliphatic heterocycles. The molecule has 5 aromatic rings. The van der Waals surface area contributed by atoms with Crippen LogP contribution in [-0.2, 0) is 55.8 Å². The van der Waals surface area contributed by atoms with E-state index in [1.165, 1.54) is 7.05 Å². The molecule has 10 nitrogen and oxygen atoms in total. The Labute approximate surface area is 354 Å². The van der Waals surface area contributed by atoms with Crippen molar-refractivity contribution in [2.45, 2.75) is 76.7 Å². The third kappa shape index (κ3) is 12.2. The molecule has 1 fully saturated rings. The van der Waals surface area contributed by atoms with Crippen LogP contribution in [0.15, 0.2) is 133 Å². The second kappa shape index (κ2) is 23.8. The number of carbonyl (C=O) groups excluding carboxylic acids is 1. The van der Waals surface area contributed by atoms with Gasteiger partial charge in [-0.1, -0.05) is 135 Å². The molecule has 0 spiro atoms. The number of hydrogen-bond acceptors (Lipinski definition) is 9. The van der Waals surface area contributed by atoms with Crippen LogP contribution < -0.4 is 15.4 Å². The highest BCUT2D eigenvalue weighted by atomic mass is 35.5. The molecule has 0 radical (unpaired) electrons. The molecule has 59 heavy (non-hydrogen) atoms. The molecule has 1 aliphatic rings. The number of benzene rings is 5. The van der Waals surface area contributed by atoms with Crippen molar-refractivity contribution in [3.63, 3.8) is 0 Å². The monoisotopic (exact) mass is 826 g/mol. The number of likely N-dealkylation sites (N-methyl/N-ethyl adjacent to an activating group) is 1. The predicted molar refractivity (Wildman–Crippen MR) is 232 cm³/mol. The molecule has 0 aliphatic carbocycles. The Balaban J connectivity index is 0.00000147. The number of aliphatic hydroxyl groups excluding tert-OH is 1. The quantitative estimate of drug-likeness (QED) is 0.0796. The first-order valence-electron chi connectivity index (χ1n) is 20.0. The average Bonchev–Trinajstić information content (AvgIpc) is 3.27. The minimum Gasteiger partial charge on any atom is -0.494 e. The SMILES string of the molecule is CC.CCOc1ccc(Cc2cc([C@]3(O)O[C@@](CO)(C(=O)NC)[C@@H](OCc4ccccc4)C(OCc4ccccc4)[C@H]3OCc3ccccc3)ccc2Cl)cc1.CNC. The minimum absolute atomic E-state index is 0.0514. The first-order chi connectivity index (χ1) is 28.7. The van der Waals surface area contributed by atoms with Crippen LogP contribution in [0.2, 0.25) is 5.02 Å². The summed E-state index contributed by atoms with van der Waals surface area (Å²) in [4.78, 5) is 14.1. The van der Waals surface area contributed by atoms with E-state index < -0.39 is 42.2 Å². The van der Waals surface area contributed by atoms with Crippen LogP contribution in [0.4, 0.5) is 0 Å². The molecule has 5 aromatic carbocycles. The van der Waals surface area contributed by atoms with Gasteiger partial charge in [0.2, 0.25) is 11.4 Å². The molecule has 1 saturated heterocycles. The summed E-state index contributed by atoms with van der Waals surface area (Å²) in [7, 11) is 5.19. The van der Waals surface area contributed by atoms with Gasteiger partial charge < -0.3 is 44.5 Å². The largest absolute Gasteiger partial charge is 0.494 e. The number of rotatable bonds is 16. The number of halogens is 1. The van der Waals surface area contributed by atoms with E-state index in [9.17, 15) is 15.0 Å². The zero-order chi connectivity index (χ0) is 42.7. The molecule has 0 bridgehead atoms. The van der Waals surface area contributed by atoms with Gasteiger partial charge in [0.1, 0.15) is 24.1 Å². The molecule has 1 amide bonds. The normalized spacial score (nSPS) is 20.9. The van der Waals surface area contributed by atoms with E-state index >= 15 is 0 Å². The topological polar surface area (TPSA) is 128 Å². The minimum atomic E-state index is -2.36. The number of ether oxygens (including phenoxy) is 5. The lowest BCUT2D eigenvalue weighted by atomic mass is 9.79. The van der Waals surface area contributed by atoms with Gasteiger partial charge in [-0.15, -0.1) is 0 Å². The lowest BCUT2D eigenvalue weighted by Gasteiger charge is -2.54. The lowest BCUT2D eigenvalue weighted by Crippen LogP contribution is -2.75. The van der Waals surface area contributed by atoms with Crippen LogP contribution in [0.3, 0.4) is 0 Å². The lowest BCUT2D eigenvalue weighted by molar-refractivity contribution is -0.397. The fourth-order valence-electron chi connectivity index (χ4n) is 6.77. The van der Waals surface area contributed by atoms with Gasteiger partial charge in [-0.2, -0.15) is 0 Å². The summed E-state index contributed by atoms with van der Waals surface area (Å²) >= 11 is 6.79. The predicted octanol–water partition coefficient (Wildman–Crippen LogP) is 7.60. The first-order valence-corrected chi connectivity index (χ1v) is 20.4. The molecule has 4 N–H and O–H groups in total. The average molecular weight is 827 g/mol. The van der Waals surface area contributed by atoms with Crippen molar-refractivity contribution in [1.82, 2.24) is 10.6 Å². The third-order valence-corrected chi connectivity index (χ3v) is 9.91. The van der Waals surface area contributed by atoms with Gasteiger partial charge >= 0.3 is 0 Å². The smallest absolute Gasteiger partial charge is 0.257 e. The van der Waals surface area contributed by atoms with Crippen LogP contribution >= 0.6 is 11.6 Å². The fraction of sp³-hybridized carbons (Fsp3) is 0.354. The van der Waals surface area contributed by atoms with Crippen molar-refractivity contribution in [2.75, 3.05) is 34.4 Å². The Morgan fingerprint density at radius 2 is 1.20 bits per heavy atom. The second-order valence-corrected chi connectivity index (χ2v) is 14.1. The number of aliphatic hydroxyl groups is 2. The molecule has 316 valence electrons.